The van der Waals surface area contributed by atoms with E-state index in [0.717, 1.165) is 29.2 Å². The highest BCUT2D eigenvalue weighted by atomic mass is 32.2. The number of benzene rings is 1. The van der Waals surface area contributed by atoms with Crippen LogP contribution >= 0.6 is 11.8 Å². The van der Waals surface area contributed by atoms with Crippen LogP contribution in [-0.4, -0.2) is 23.4 Å². The van der Waals surface area contributed by atoms with Crippen molar-refractivity contribution in [2.75, 3.05) is 13.2 Å². The van der Waals surface area contributed by atoms with Crippen LogP contribution in [-0.2, 0) is 6.42 Å². The molecule has 2 heterocycles. The first-order valence-corrected chi connectivity index (χ1v) is 8.88. The first-order chi connectivity index (χ1) is 11.1. The van der Waals surface area contributed by atoms with Crippen LogP contribution < -0.4 is 9.47 Å². The van der Waals surface area contributed by atoms with E-state index < -0.39 is 0 Å². The van der Waals surface area contributed by atoms with Crippen LogP contribution in [0.25, 0.3) is 0 Å². The minimum absolute atomic E-state index is 0.0909. The van der Waals surface area contributed by atoms with Crippen molar-refractivity contribution < 1.29 is 13.9 Å². The molecular weight excluding hydrogens is 312 g/mol. The molecule has 3 rings (SSSR count). The summed E-state index contributed by atoms with van der Waals surface area (Å²) in [6.07, 6.45) is 1.72. The fourth-order valence-electron chi connectivity index (χ4n) is 2.33. The van der Waals surface area contributed by atoms with Gasteiger partial charge in [0.15, 0.2) is 11.5 Å². The summed E-state index contributed by atoms with van der Waals surface area (Å²) in [5.41, 5.74) is 0. The largest absolute Gasteiger partial charge is 0.490 e. The number of nitrogens with zero attached hydrogens (tertiary/aromatic N) is 2. The van der Waals surface area contributed by atoms with E-state index in [1.54, 1.807) is 11.8 Å². The molecule has 0 saturated carbocycles. The molecule has 1 unspecified atom stereocenters. The SMILES string of the molecule is CC(C)Cc1nnc(C(C)Sc2ccc3c(c2)OCCCO3)o1. The van der Waals surface area contributed by atoms with Gasteiger partial charge in [0.1, 0.15) is 0 Å². The Morgan fingerprint density at radius 2 is 1.87 bits per heavy atom. The van der Waals surface area contributed by atoms with Gasteiger partial charge in [0.25, 0.3) is 0 Å². The van der Waals surface area contributed by atoms with Crippen molar-refractivity contribution in [3.8, 4) is 11.5 Å². The molecule has 0 saturated heterocycles. The Bertz CT molecular complexity index is 657. The number of thioether (sulfide) groups is 1. The molecule has 5 nitrogen and oxygen atoms in total. The fourth-order valence-corrected chi connectivity index (χ4v) is 3.26. The van der Waals surface area contributed by atoms with E-state index in [0.29, 0.717) is 30.9 Å². The summed E-state index contributed by atoms with van der Waals surface area (Å²) in [7, 11) is 0. The summed E-state index contributed by atoms with van der Waals surface area (Å²) in [5, 5.41) is 8.39. The van der Waals surface area contributed by atoms with Gasteiger partial charge >= 0.3 is 0 Å². The van der Waals surface area contributed by atoms with Crippen LogP contribution in [0.4, 0.5) is 0 Å². The van der Waals surface area contributed by atoms with Crippen molar-refractivity contribution in [1.29, 1.82) is 0 Å². The van der Waals surface area contributed by atoms with Crippen LogP contribution in [0.1, 0.15) is 44.2 Å². The van der Waals surface area contributed by atoms with Crippen LogP contribution in [0.3, 0.4) is 0 Å². The van der Waals surface area contributed by atoms with E-state index in [1.165, 1.54) is 0 Å². The molecule has 0 spiro atoms. The molecule has 0 fully saturated rings. The van der Waals surface area contributed by atoms with Crippen molar-refractivity contribution in [2.24, 2.45) is 5.92 Å². The topological polar surface area (TPSA) is 57.4 Å². The lowest BCUT2D eigenvalue weighted by atomic mass is 10.1. The predicted molar refractivity (Wildman–Crippen MR) is 89.2 cm³/mol. The van der Waals surface area contributed by atoms with E-state index in [9.17, 15) is 0 Å². The smallest absolute Gasteiger partial charge is 0.229 e. The zero-order chi connectivity index (χ0) is 16.2. The second-order valence-electron chi connectivity index (χ2n) is 6.05. The van der Waals surface area contributed by atoms with Crippen LogP contribution in [0, 0.1) is 5.92 Å². The van der Waals surface area contributed by atoms with E-state index in [2.05, 4.69) is 31.0 Å². The van der Waals surface area contributed by atoms with Gasteiger partial charge in [-0.2, -0.15) is 0 Å². The molecule has 0 bridgehead atoms. The van der Waals surface area contributed by atoms with Crippen LogP contribution in [0.2, 0.25) is 0 Å². The van der Waals surface area contributed by atoms with Gasteiger partial charge in [-0.15, -0.1) is 22.0 Å². The molecule has 1 aliphatic heterocycles. The molecule has 1 aromatic carbocycles. The summed E-state index contributed by atoms with van der Waals surface area (Å²) in [4.78, 5) is 1.10. The molecule has 6 heteroatoms. The molecular formula is C17H22N2O3S. The lowest BCUT2D eigenvalue weighted by Gasteiger charge is -2.11. The highest BCUT2D eigenvalue weighted by molar-refractivity contribution is 7.99. The molecule has 1 aliphatic rings. The highest BCUT2D eigenvalue weighted by Gasteiger charge is 2.18. The van der Waals surface area contributed by atoms with E-state index in [-0.39, 0.29) is 5.25 Å². The molecule has 0 amide bonds. The second kappa shape index (κ2) is 7.25. The van der Waals surface area contributed by atoms with Crippen molar-refractivity contribution in [2.45, 2.75) is 43.8 Å². The van der Waals surface area contributed by atoms with Gasteiger partial charge in [0, 0.05) is 17.7 Å². The maximum atomic E-state index is 5.76. The first-order valence-electron chi connectivity index (χ1n) is 8.00. The molecule has 2 aromatic rings. The zero-order valence-electron chi connectivity index (χ0n) is 13.7. The molecule has 1 aromatic heterocycles. The standard InChI is InChI=1S/C17H22N2O3S/c1-11(2)9-16-18-19-17(22-16)12(3)23-13-5-6-14-15(10-13)21-8-4-7-20-14/h5-6,10-12H,4,7-9H2,1-3H3. The average molecular weight is 334 g/mol. The molecule has 0 aliphatic carbocycles. The van der Waals surface area contributed by atoms with Crippen LogP contribution in [0.5, 0.6) is 11.5 Å². The Hall–Kier alpha value is -1.69. The molecule has 124 valence electrons. The highest BCUT2D eigenvalue weighted by Crippen LogP contribution is 2.39. The van der Waals surface area contributed by atoms with Crippen molar-refractivity contribution in [1.82, 2.24) is 10.2 Å². The number of fused-ring (bicyclic) bond motifs is 1. The third kappa shape index (κ3) is 4.19. The lowest BCUT2D eigenvalue weighted by molar-refractivity contribution is 0.297. The summed E-state index contributed by atoms with van der Waals surface area (Å²) >= 11 is 1.68. The van der Waals surface area contributed by atoms with Crippen molar-refractivity contribution in [3.05, 3.63) is 30.0 Å². The normalized spacial score (nSPS) is 15.5. The van der Waals surface area contributed by atoms with Crippen LogP contribution in [0.15, 0.2) is 27.5 Å². The predicted octanol–water partition coefficient (Wildman–Crippen LogP) is 4.28. The van der Waals surface area contributed by atoms with Gasteiger partial charge in [-0.05, 0) is 31.0 Å². The van der Waals surface area contributed by atoms with Crippen molar-refractivity contribution >= 4 is 11.8 Å². The third-order valence-corrected chi connectivity index (χ3v) is 4.53. The number of hydrogen-bond acceptors (Lipinski definition) is 6. The van der Waals surface area contributed by atoms with E-state index in [1.807, 2.05) is 18.2 Å². The fraction of sp³-hybridized carbons (Fsp3) is 0.529. The van der Waals surface area contributed by atoms with Gasteiger partial charge in [0.05, 0.1) is 18.5 Å². The third-order valence-electron chi connectivity index (χ3n) is 3.44. The van der Waals surface area contributed by atoms with Gasteiger partial charge in [-0.1, -0.05) is 13.8 Å². The lowest BCUT2D eigenvalue weighted by Crippen LogP contribution is -1.97. The molecule has 0 radical (unpaired) electrons. The second-order valence-corrected chi connectivity index (χ2v) is 7.47. The van der Waals surface area contributed by atoms with Gasteiger partial charge < -0.3 is 13.9 Å². The quantitative estimate of drug-likeness (QED) is 0.761. The summed E-state index contributed by atoms with van der Waals surface area (Å²) in [5.74, 6) is 3.51. The maximum absolute atomic E-state index is 5.76. The molecule has 0 N–H and O–H groups in total. The van der Waals surface area contributed by atoms with Gasteiger partial charge in [0.2, 0.25) is 11.8 Å². The van der Waals surface area contributed by atoms with E-state index in [4.69, 9.17) is 13.9 Å². The minimum atomic E-state index is 0.0909. The Morgan fingerprint density at radius 1 is 1.09 bits per heavy atom. The first kappa shape index (κ1) is 16.2. The Kier molecular flexibility index (Phi) is 5.10. The Balaban J connectivity index is 1.68. The maximum Gasteiger partial charge on any atom is 0.229 e. The van der Waals surface area contributed by atoms with Crippen molar-refractivity contribution in [3.63, 3.8) is 0 Å². The summed E-state index contributed by atoms with van der Waals surface area (Å²) < 4.78 is 17.2. The van der Waals surface area contributed by atoms with Gasteiger partial charge in [-0.25, -0.2) is 0 Å². The van der Waals surface area contributed by atoms with E-state index >= 15 is 0 Å². The molecule has 1 atom stereocenters. The number of ether oxygens (including phenoxy) is 2. The Morgan fingerprint density at radius 3 is 2.65 bits per heavy atom. The monoisotopic (exact) mass is 334 g/mol. The average Bonchev–Trinajstić information content (AvgIpc) is 2.84. The zero-order valence-corrected chi connectivity index (χ0v) is 14.6. The minimum Gasteiger partial charge on any atom is -0.490 e. The number of aromatic nitrogens is 2. The number of hydrogen-bond donors (Lipinski definition) is 0. The Labute approximate surface area is 140 Å². The van der Waals surface area contributed by atoms with Gasteiger partial charge in [-0.3, -0.25) is 0 Å². The summed E-state index contributed by atoms with van der Waals surface area (Å²) in [6, 6.07) is 6.03. The molecule has 23 heavy (non-hydrogen) atoms. The number of rotatable bonds is 5. The summed E-state index contributed by atoms with van der Waals surface area (Å²) in [6.45, 7) is 7.75.